The molecule has 0 spiro atoms. The number of ether oxygens (including phenoxy) is 1. The highest BCUT2D eigenvalue weighted by atomic mass is 127. The second-order valence-corrected chi connectivity index (χ2v) is 7.75. The molecule has 1 aromatic rings. The van der Waals surface area contributed by atoms with Crippen LogP contribution in [0.4, 0.5) is 0 Å². The second kappa shape index (κ2) is 13.2. The van der Waals surface area contributed by atoms with Crippen molar-refractivity contribution in [2.45, 2.75) is 23.8 Å². The Morgan fingerprint density at radius 1 is 1.33 bits per heavy atom. The third-order valence-electron chi connectivity index (χ3n) is 4.14. The van der Waals surface area contributed by atoms with Gasteiger partial charge in [-0.2, -0.15) is 0 Å². The lowest BCUT2D eigenvalue weighted by molar-refractivity contribution is -0.127. The van der Waals surface area contributed by atoms with E-state index in [2.05, 4.69) is 27.8 Å². The molecule has 1 atom stereocenters. The van der Waals surface area contributed by atoms with Gasteiger partial charge in [-0.25, -0.2) is 4.99 Å². The van der Waals surface area contributed by atoms with E-state index < -0.39 is 0 Å². The van der Waals surface area contributed by atoms with Crippen molar-refractivity contribution in [1.29, 1.82) is 0 Å². The molecule has 6 nitrogen and oxygen atoms in total. The van der Waals surface area contributed by atoms with Gasteiger partial charge in [0.05, 0.1) is 12.6 Å². The molecule has 1 fully saturated rings. The van der Waals surface area contributed by atoms with Crippen LogP contribution in [-0.2, 0) is 9.53 Å². The summed E-state index contributed by atoms with van der Waals surface area (Å²) in [7, 11) is 5.20. The Morgan fingerprint density at radius 3 is 2.63 bits per heavy atom. The average Bonchev–Trinajstić information content (AvgIpc) is 3.48. The minimum Gasteiger partial charge on any atom is -0.383 e. The zero-order chi connectivity index (χ0) is 18.8. The van der Waals surface area contributed by atoms with Crippen LogP contribution in [0.5, 0.6) is 0 Å². The topological polar surface area (TPSA) is 66.0 Å². The smallest absolute Gasteiger partial charge is 0.243 e. The number of benzene rings is 1. The van der Waals surface area contributed by atoms with Crippen molar-refractivity contribution in [3.05, 3.63) is 30.3 Å². The highest BCUT2D eigenvalue weighted by Gasteiger charge is 2.31. The van der Waals surface area contributed by atoms with Crippen LogP contribution in [0.3, 0.4) is 0 Å². The number of carbonyl (C=O) groups is 1. The number of amides is 1. The minimum atomic E-state index is -0.0144. The predicted molar refractivity (Wildman–Crippen MR) is 123 cm³/mol. The molecule has 0 bridgehead atoms. The van der Waals surface area contributed by atoms with Gasteiger partial charge in [0.25, 0.3) is 0 Å². The zero-order valence-electron chi connectivity index (χ0n) is 16.3. The summed E-state index contributed by atoms with van der Waals surface area (Å²) in [5.74, 6) is 2.22. The lowest BCUT2D eigenvalue weighted by Gasteiger charge is -2.21. The maximum absolute atomic E-state index is 11.9. The summed E-state index contributed by atoms with van der Waals surface area (Å²) in [6.45, 7) is 1.55. The Kier molecular flexibility index (Phi) is 11.8. The van der Waals surface area contributed by atoms with Gasteiger partial charge in [0.1, 0.15) is 6.54 Å². The molecule has 0 heterocycles. The molecule has 2 rings (SSSR count). The molecule has 1 aliphatic carbocycles. The van der Waals surface area contributed by atoms with Crippen molar-refractivity contribution >= 4 is 47.6 Å². The van der Waals surface area contributed by atoms with E-state index in [0.717, 1.165) is 12.3 Å². The number of methoxy groups -OCH3 is 1. The largest absolute Gasteiger partial charge is 0.383 e. The number of hydrogen-bond donors (Lipinski definition) is 2. The summed E-state index contributed by atoms with van der Waals surface area (Å²) in [6, 6.07) is 10.6. The van der Waals surface area contributed by atoms with Crippen LogP contribution in [-0.4, -0.2) is 69.5 Å². The molecule has 1 unspecified atom stereocenters. The molecule has 0 saturated heterocycles. The predicted octanol–water partition coefficient (Wildman–Crippen LogP) is 2.45. The van der Waals surface area contributed by atoms with Crippen LogP contribution in [0.2, 0.25) is 0 Å². The normalized spacial score (nSPS) is 14.9. The van der Waals surface area contributed by atoms with Crippen LogP contribution >= 0.6 is 35.7 Å². The Balaban J connectivity index is 0.00000364. The van der Waals surface area contributed by atoms with E-state index in [0.29, 0.717) is 18.5 Å². The van der Waals surface area contributed by atoms with Crippen LogP contribution in [0.1, 0.15) is 12.8 Å². The van der Waals surface area contributed by atoms with E-state index in [1.165, 1.54) is 17.7 Å². The monoisotopic (exact) mass is 506 g/mol. The van der Waals surface area contributed by atoms with Crippen LogP contribution < -0.4 is 10.6 Å². The van der Waals surface area contributed by atoms with Gasteiger partial charge in [0.2, 0.25) is 5.91 Å². The molecule has 1 aliphatic rings. The number of rotatable bonds is 10. The lowest BCUT2D eigenvalue weighted by atomic mass is 10.2. The Morgan fingerprint density at radius 2 is 2.04 bits per heavy atom. The number of nitrogens with zero attached hydrogens (tertiary/aromatic N) is 2. The first-order valence-corrected chi connectivity index (χ1v) is 10.0. The highest BCUT2D eigenvalue weighted by Crippen LogP contribution is 2.32. The molecule has 152 valence electrons. The van der Waals surface area contributed by atoms with Gasteiger partial charge >= 0.3 is 0 Å². The molecular weight excluding hydrogens is 475 g/mol. The quantitative estimate of drug-likeness (QED) is 0.168. The van der Waals surface area contributed by atoms with E-state index >= 15 is 0 Å². The summed E-state index contributed by atoms with van der Waals surface area (Å²) in [6.07, 6.45) is 2.43. The van der Waals surface area contributed by atoms with Gasteiger partial charge in [0.15, 0.2) is 5.96 Å². The molecule has 1 saturated carbocycles. The number of thioether (sulfide) groups is 1. The first-order chi connectivity index (χ1) is 12.6. The third kappa shape index (κ3) is 9.66. The van der Waals surface area contributed by atoms with E-state index in [1.54, 1.807) is 37.9 Å². The number of nitrogens with one attached hydrogen (secondary N) is 2. The number of guanidine groups is 1. The van der Waals surface area contributed by atoms with Gasteiger partial charge in [-0.3, -0.25) is 4.79 Å². The average molecular weight is 506 g/mol. The van der Waals surface area contributed by atoms with E-state index in [4.69, 9.17) is 4.74 Å². The van der Waals surface area contributed by atoms with Crippen molar-refractivity contribution in [1.82, 2.24) is 15.5 Å². The van der Waals surface area contributed by atoms with Crippen LogP contribution in [0.15, 0.2) is 40.2 Å². The van der Waals surface area contributed by atoms with E-state index in [1.807, 2.05) is 18.2 Å². The highest BCUT2D eigenvalue weighted by molar-refractivity contribution is 14.0. The van der Waals surface area contributed by atoms with Gasteiger partial charge in [-0.1, -0.05) is 18.2 Å². The Hall–Kier alpha value is -1.000. The number of likely N-dealkylation sites (N-methyl/N-ethyl adjacent to an activating group) is 1. The first-order valence-electron chi connectivity index (χ1n) is 9.02. The standard InChI is InChI=1S/C19H30N4O2S.HI/c1-23(2)18(24)13-21-19(22-17(14-25-3)15-9-10-15)20-11-12-26-16-7-5-4-6-8-16;/h4-8,15,17H,9-14H2,1-3H3,(H2,20,21,22);1H. The maximum atomic E-state index is 11.9. The Bertz CT molecular complexity index is 582. The summed E-state index contributed by atoms with van der Waals surface area (Å²) in [5.41, 5.74) is 0. The van der Waals surface area contributed by atoms with E-state index in [-0.39, 0.29) is 42.5 Å². The van der Waals surface area contributed by atoms with Crippen molar-refractivity contribution in [2.75, 3.05) is 46.7 Å². The summed E-state index contributed by atoms with van der Waals surface area (Å²) in [5, 5.41) is 6.79. The fourth-order valence-corrected chi connectivity index (χ4v) is 3.23. The van der Waals surface area contributed by atoms with E-state index in [9.17, 15) is 4.79 Å². The van der Waals surface area contributed by atoms with Crippen molar-refractivity contribution in [3.63, 3.8) is 0 Å². The van der Waals surface area contributed by atoms with Crippen molar-refractivity contribution < 1.29 is 9.53 Å². The maximum Gasteiger partial charge on any atom is 0.243 e. The molecule has 2 N–H and O–H groups in total. The zero-order valence-corrected chi connectivity index (χ0v) is 19.5. The first kappa shape index (κ1) is 24.0. The summed E-state index contributed by atoms with van der Waals surface area (Å²) in [4.78, 5) is 19.1. The van der Waals surface area contributed by atoms with Gasteiger partial charge in [-0.15, -0.1) is 35.7 Å². The number of halogens is 1. The molecule has 8 heteroatoms. The molecular formula is C19H31IN4O2S. The molecule has 27 heavy (non-hydrogen) atoms. The Labute approximate surface area is 183 Å². The molecule has 1 aromatic carbocycles. The van der Waals surface area contributed by atoms with Crippen molar-refractivity contribution in [3.8, 4) is 0 Å². The van der Waals surface area contributed by atoms with Gasteiger partial charge in [-0.05, 0) is 30.9 Å². The van der Waals surface area contributed by atoms with Crippen molar-refractivity contribution in [2.24, 2.45) is 10.9 Å². The summed E-state index contributed by atoms with van der Waals surface area (Å²) < 4.78 is 5.33. The molecule has 1 amide bonds. The molecule has 0 radical (unpaired) electrons. The SMILES string of the molecule is COCC(NC(=NCC(=O)N(C)C)NCCSc1ccccc1)C1CC1.I. The summed E-state index contributed by atoms with van der Waals surface area (Å²) >= 11 is 1.79. The van der Waals surface area contributed by atoms with Crippen LogP contribution in [0, 0.1) is 5.92 Å². The fraction of sp³-hybridized carbons (Fsp3) is 0.579. The second-order valence-electron chi connectivity index (χ2n) is 6.58. The fourth-order valence-electron chi connectivity index (χ4n) is 2.45. The third-order valence-corrected chi connectivity index (χ3v) is 5.15. The molecule has 0 aromatic heterocycles. The van der Waals surface area contributed by atoms with Crippen LogP contribution in [0.25, 0.3) is 0 Å². The lowest BCUT2D eigenvalue weighted by Crippen LogP contribution is -2.47. The molecule has 0 aliphatic heterocycles. The number of hydrogen-bond acceptors (Lipinski definition) is 4. The van der Waals surface area contributed by atoms with Gasteiger partial charge < -0.3 is 20.3 Å². The minimum absolute atomic E-state index is 0. The number of carbonyl (C=O) groups excluding carboxylic acids is 1. The van der Waals surface area contributed by atoms with Gasteiger partial charge in [0, 0.05) is 38.4 Å². The number of aliphatic imine (C=N–C) groups is 1.